The molecule has 0 aliphatic carbocycles. The maximum absolute atomic E-state index is 10.9. The van der Waals surface area contributed by atoms with E-state index in [-0.39, 0.29) is 5.69 Å². The minimum absolute atomic E-state index is 0.0895. The topological polar surface area (TPSA) is 50.2 Å². The molecule has 0 saturated heterocycles. The number of pyridine rings is 1. The van der Waals surface area contributed by atoms with Crippen LogP contribution in [-0.2, 0) is 5.75 Å². The number of hydrogen-bond acceptors (Lipinski definition) is 3. The average molecular weight is 295 g/mol. The molecule has 4 heteroatoms. The Balaban J connectivity index is 1.77. The van der Waals surface area contributed by atoms with Crippen LogP contribution >= 0.6 is 11.8 Å². The van der Waals surface area contributed by atoms with Gasteiger partial charge in [0.25, 0.3) is 0 Å². The number of nitrogens with zero attached hydrogens (tertiary/aromatic N) is 1. The molecule has 0 aliphatic rings. The number of benzene rings is 2. The first-order chi connectivity index (χ1) is 10.2. The highest BCUT2D eigenvalue weighted by Crippen LogP contribution is 2.26. The van der Waals surface area contributed by atoms with Gasteiger partial charge in [0.05, 0.1) is 5.69 Å². The molecule has 21 heavy (non-hydrogen) atoms. The summed E-state index contributed by atoms with van der Waals surface area (Å²) >= 11 is 1.65. The van der Waals surface area contributed by atoms with Crippen LogP contribution in [0.4, 0.5) is 0 Å². The molecule has 3 nitrogen and oxygen atoms in total. The second kappa shape index (κ2) is 5.97. The molecule has 1 heterocycles. The number of aromatic carboxylic acids is 1. The zero-order chi connectivity index (χ0) is 14.7. The molecule has 0 radical (unpaired) electrons. The maximum atomic E-state index is 10.9. The Bertz CT molecular complexity index is 801. The molecule has 2 aromatic carbocycles. The Kier molecular flexibility index (Phi) is 3.88. The van der Waals surface area contributed by atoms with Gasteiger partial charge in [0, 0.05) is 10.6 Å². The second-order valence-electron chi connectivity index (χ2n) is 4.62. The van der Waals surface area contributed by atoms with Gasteiger partial charge < -0.3 is 5.11 Å². The Morgan fingerprint density at radius 1 is 1.00 bits per heavy atom. The standard InChI is InChI=1S/C17H13NO2S/c19-17(20)16-7-3-6-14(18-16)11-21-15-9-8-12-4-1-2-5-13(12)10-15/h1-10H,11H2,(H,19,20). The third-order valence-electron chi connectivity index (χ3n) is 3.13. The van der Waals surface area contributed by atoms with Gasteiger partial charge in [0.1, 0.15) is 5.69 Å². The molecule has 0 amide bonds. The SMILES string of the molecule is O=C(O)c1cccc(CSc2ccc3ccccc3c2)n1. The molecule has 1 N–H and O–H groups in total. The molecule has 0 fully saturated rings. The number of aromatic nitrogens is 1. The molecular formula is C17H13NO2S. The number of rotatable bonds is 4. The van der Waals surface area contributed by atoms with E-state index < -0.39 is 5.97 Å². The van der Waals surface area contributed by atoms with Crippen LogP contribution in [0.15, 0.2) is 65.6 Å². The summed E-state index contributed by atoms with van der Waals surface area (Å²) in [6.45, 7) is 0. The molecule has 0 bridgehead atoms. The van der Waals surface area contributed by atoms with Gasteiger partial charge >= 0.3 is 5.97 Å². The van der Waals surface area contributed by atoms with Gasteiger partial charge in [-0.3, -0.25) is 0 Å². The number of carboxylic acid groups (broad SMARTS) is 1. The average Bonchev–Trinajstić information content (AvgIpc) is 2.53. The van der Waals surface area contributed by atoms with Gasteiger partial charge in [-0.1, -0.05) is 36.4 Å². The maximum Gasteiger partial charge on any atom is 0.354 e. The van der Waals surface area contributed by atoms with Crippen molar-refractivity contribution < 1.29 is 9.90 Å². The van der Waals surface area contributed by atoms with Crippen LogP contribution in [0.1, 0.15) is 16.2 Å². The minimum Gasteiger partial charge on any atom is -0.477 e. The highest BCUT2D eigenvalue weighted by molar-refractivity contribution is 7.98. The van der Waals surface area contributed by atoms with Crippen LogP contribution in [0, 0.1) is 0 Å². The van der Waals surface area contributed by atoms with Crippen molar-refractivity contribution in [2.24, 2.45) is 0 Å². The molecule has 0 unspecified atom stereocenters. The van der Waals surface area contributed by atoms with Crippen molar-refractivity contribution in [3.05, 3.63) is 72.1 Å². The van der Waals surface area contributed by atoms with Crippen LogP contribution < -0.4 is 0 Å². The van der Waals surface area contributed by atoms with Gasteiger partial charge in [-0.2, -0.15) is 0 Å². The van der Waals surface area contributed by atoms with E-state index in [1.54, 1.807) is 17.8 Å². The second-order valence-corrected chi connectivity index (χ2v) is 5.67. The predicted octanol–water partition coefficient (Wildman–Crippen LogP) is 4.23. The quantitative estimate of drug-likeness (QED) is 0.732. The monoisotopic (exact) mass is 295 g/mol. The van der Waals surface area contributed by atoms with Crippen LogP contribution in [-0.4, -0.2) is 16.1 Å². The Morgan fingerprint density at radius 3 is 2.62 bits per heavy atom. The van der Waals surface area contributed by atoms with E-state index >= 15 is 0 Å². The Morgan fingerprint density at radius 2 is 1.81 bits per heavy atom. The molecule has 104 valence electrons. The summed E-state index contributed by atoms with van der Waals surface area (Å²) in [7, 11) is 0. The minimum atomic E-state index is -0.993. The first-order valence-corrected chi connectivity index (χ1v) is 7.52. The van der Waals surface area contributed by atoms with Crippen molar-refractivity contribution in [2.75, 3.05) is 0 Å². The third kappa shape index (κ3) is 3.23. The number of thioether (sulfide) groups is 1. The summed E-state index contributed by atoms with van der Waals surface area (Å²) < 4.78 is 0. The largest absolute Gasteiger partial charge is 0.477 e. The summed E-state index contributed by atoms with van der Waals surface area (Å²) in [5, 5.41) is 11.4. The van der Waals surface area contributed by atoms with Crippen molar-refractivity contribution in [2.45, 2.75) is 10.6 Å². The molecule has 0 spiro atoms. The fourth-order valence-electron chi connectivity index (χ4n) is 2.09. The zero-order valence-electron chi connectivity index (χ0n) is 11.2. The number of carboxylic acids is 1. The van der Waals surface area contributed by atoms with Gasteiger partial charge in [-0.15, -0.1) is 11.8 Å². The normalized spacial score (nSPS) is 10.7. The summed E-state index contributed by atoms with van der Waals surface area (Å²) in [5.41, 5.74) is 0.861. The van der Waals surface area contributed by atoms with Crippen molar-refractivity contribution in [1.82, 2.24) is 4.98 Å². The number of fused-ring (bicyclic) bond motifs is 1. The molecule has 0 atom stereocenters. The van der Waals surface area contributed by atoms with E-state index in [1.165, 1.54) is 16.8 Å². The van der Waals surface area contributed by atoms with Gasteiger partial charge in [-0.25, -0.2) is 9.78 Å². The fraction of sp³-hybridized carbons (Fsp3) is 0.0588. The molecule has 3 rings (SSSR count). The summed E-state index contributed by atoms with van der Waals surface area (Å²) in [5.74, 6) is -0.341. The lowest BCUT2D eigenvalue weighted by Gasteiger charge is -2.04. The molecule has 3 aromatic rings. The van der Waals surface area contributed by atoms with Crippen molar-refractivity contribution >= 4 is 28.5 Å². The number of hydrogen-bond donors (Lipinski definition) is 1. The smallest absolute Gasteiger partial charge is 0.354 e. The van der Waals surface area contributed by atoms with E-state index in [2.05, 4.69) is 35.3 Å². The lowest BCUT2D eigenvalue weighted by molar-refractivity contribution is 0.0690. The van der Waals surface area contributed by atoms with Crippen molar-refractivity contribution in [1.29, 1.82) is 0 Å². The highest BCUT2D eigenvalue weighted by atomic mass is 32.2. The fourth-order valence-corrected chi connectivity index (χ4v) is 2.94. The predicted molar refractivity (Wildman–Crippen MR) is 84.7 cm³/mol. The van der Waals surface area contributed by atoms with Crippen LogP contribution in [0.2, 0.25) is 0 Å². The zero-order valence-corrected chi connectivity index (χ0v) is 12.0. The van der Waals surface area contributed by atoms with Gasteiger partial charge in [0.15, 0.2) is 0 Å². The Labute approximate surface area is 126 Å². The molecule has 0 aliphatic heterocycles. The van der Waals surface area contributed by atoms with Crippen LogP contribution in [0.3, 0.4) is 0 Å². The first kappa shape index (κ1) is 13.6. The number of carbonyl (C=O) groups is 1. The molecular weight excluding hydrogens is 282 g/mol. The van der Waals surface area contributed by atoms with E-state index in [0.717, 1.165) is 10.6 Å². The molecule has 1 aromatic heterocycles. The summed E-state index contributed by atoms with van der Waals surface area (Å²) in [6, 6.07) is 19.6. The van der Waals surface area contributed by atoms with Gasteiger partial charge in [-0.05, 0) is 35.0 Å². The summed E-state index contributed by atoms with van der Waals surface area (Å²) in [6.07, 6.45) is 0. The van der Waals surface area contributed by atoms with E-state index in [0.29, 0.717) is 5.75 Å². The molecule has 0 saturated carbocycles. The van der Waals surface area contributed by atoms with Gasteiger partial charge in [0.2, 0.25) is 0 Å². The van der Waals surface area contributed by atoms with Crippen molar-refractivity contribution in [3.63, 3.8) is 0 Å². The van der Waals surface area contributed by atoms with E-state index in [4.69, 9.17) is 5.11 Å². The summed E-state index contributed by atoms with van der Waals surface area (Å²) in [4.78, 5) is 16.2. The van der Waals surface area contributed by atoms with E-state index in [1.807, 2.05) is 18.2 Å². The highest BCUT2D eigenvalue weighted by Gasteiger charge is 2.05. The van der Waals surface area contributed by atoms with Crippen LogP contribution in [0.25, 0.3) is 10.8 Å². The lowest BCUT2D eigenvalue weighted by atomic mass is 10.1. The Hall–Kier alpha value is -2.33. The third-order valence-corrected chi connectivity index (χ3v) is 4.16. The van der Waals surface area contributed by atoms with Crippen molar-refractivity contribution in [3.8, 4) is 0 Å². The van der Waals surface area contributed by atoms with Crippen LogP contribution in [0.5, 0.6) is 0 Å². The first-order valence-electron chi connectivity index (χ1n) is 6.53. The van der Waals surface area contributed by atoms with E-state index in [9.17, 15) is 4.79 Å². The lowest BCUT2D eigenvalue weighted by Crippen LogP contribution is -2.01.